The average Bonchev–Trinajstić information content (AvgIpc) is 2.75. The van der Waals surface area contributed by atoms with Crippen molar-refractivity contribution in [1.82, 2.24) is 9.78 Å². The van der Waals surface area contributed by atoms with E-state index in [9.17, 15) is 13.2 Å². The van der Waals surface area contributed by atoms with Crippen molar-refractivity contribution in [2.24, 2.45) is 0 Å². The van der Waals surface area contributed by atoms with Gasteiger partial charge in [-0.05, 0) is 23.8 Å². The van der Waals surface area contributed by atoms with Crippen LogP contribution in [0.3, 0.4) is 0 Å². The Labute approximate surface area is 118 Å². The van der Waals surface area contributed by atoms with Gasteiger partial charge in [0, 0.05) is 5.39 Å². The third kappa shape index (κ3) is 2.56. The van der Waals surface area contributed by atoms with E-state index in [2.05, 4.69) is 5.10 Å². The van der Waals surface area contributed by atoms with Crippen LogP contribution in [0.2, 0.25) is 0 Å². The molecule has 1 aromatic heterocycles. The van der Waals surface area contributed by atoms with Crippen molar-refractivity contribution >= 4 is 16.7 Å². The fourth-order valence-electron chi connectivity index (χ4n) is 2.26. The number of aromatic nitrogens is 2. The number of nitrogens with zero attached hydrogens (tertiary/aromatic N) is 2. The summed E-state index contributed by atoms with van der Waals surface area (Å²) in [6.45, 7) is 0.458. The fraction of sp³-hybridized carbons (Fsp3) is 0.133. The van der Waals surface area contributed by atoms with Crippen LogP contribution >= 0.6 is 0 Å². The Kier molecular flexibility index (Phi) is 3.08. The van der Waals surface area contributed by atoms with Crippen molar-refractivity contribution in [3.63, 3.8) is 0 Å². The third-order valence-electron chi connectivity index (χ3n) is 3.28. The minimum absolute atomic E-state index is 0.104. The number of nitrogens with two attached hydrogens (primary N) is 1. The van der Waals surface area contributed by atoms with Gasteiger partial charge in [-0.2, -0.15) is 18.3 Å². The second-order valence-corrected chi connectivity index (χ2v) is 4.76. The Morgan fingerprint density at radius 2 is 1.76 bits per heavy atom. The summed E-state index contributed by atoms with van der Waals surface area (Å²) in [5.74, 6) is 0.104. The standard InChI is InChI=1S/C15H12F3N3/c16-15(17,18)11-6-7-13-12(8-11)14(19)20-21(13)9-10-4-2-1-3-5-10/h1-8H,9H2,(H2,19,20). The quantitative estimate of drug-likeness (QED) is 0.782. The minimum Gasteiger partial charge on any atom is -0.382 e. The van der Waals surface area contributed by atoms with Crippen LogP contribution in [0.1, 0.15) is 11.1 Å². The number of hydrogen-bond donors (Lipinski definition) is 1. The molecular formula is C15H12F3N3. The molecule has 0 amide bonds. The number of rotatable bonds is 2. The van der Waals surface area contributed by atoms with Crippen LogP contribution in [-0.2, 0) is 12.7 Å². The smallest absolute Gasteiger partial charge is 0.382 e. The molecule has 0 saturated carbocycles. The highest BCUT2D eigenvalue weighted by Crippen LogP contribution is 2.33. The molecule has 0 atom stereocenters. The maximum Gasteiger partial charge on any atom is 0.416 e. The van der Waals surface area contributed by atoms with E-state index in [1.54, 1.807) is 4.68 Å². The van der Waals surface area contributed by atoms with E-state index in [4.69, 9.17) is 5.73 Å². The molecule has 3 rings (SSSR count). The van der Waals surface area contributed by atoms with E-state index >= 15 is 0 Å². The molecule has 0 aliphatic rings. The minimum atomic E-state index is -4.39. The molecule has 0 saturated heterocycles. The second-order valence-electron chi connectivity index (χ2n) is 4.76. The Morgan fingerprint density at radius 1 is 1.05 bits per heavy atom. The predicted octanol–water partition coefficient (Wildman–Crippen LogP) is 3.69. The van der Waals surface area contributed by atoms with Gasteiger partial charge in [0.25, 0.3) is 0 Å². The van der Waals surface area contributed by atoms with Gasteiger partial charge in [-0.1, -0.05) is 30.3 Å². The van der Waals surface area contributed by atoms with Gasteiger partial charge in [-0.25, -0.2) is 0 Å². The molecule has 3 aromatic rings. The first kappa shape index (κ1) is 13.5. The predicted molar refractivity (Wildman–Crippen MR) is 74.7 cm³/mol. The van der Waals surface area contributed by atoms with Crippen LogP contribution in [0.25, 0.3) is 10.9 Å². The molecule has 2 N–H and O–H groups in total. The summed E-state index contributed by atoms with van der Waals surface area (Å²) in [6, 6.07) is 13.0. The number of alkyl halides is 3. The SMILES string of the molecule is Nc1nn(Cc2ccccc2)c2ccc(C(F)(F)F)cc12. The number of benzene rings is 2. The van der Waals surface area contributed by atoms with Gasteiger partial charge in [0.15, 0.2) is 5.82 Å². The van der Waals surface area contributed by atoms with Crippen LogP contribution in [0.4, 0.5) is 19.0 Å². The molecule has 1 heterocycles. The van der Waals surface area contributed by atoms with Gasteiger partial charge in [0.1, 0.15) is 0 Å². The molecule has 0 aliphatic heterocycles. The first-order valence-corrected chi connectivity index (χ1v) is 6.32. The Balaban J connectivity index is 2.06. The van der Waals surface area contributed by atoms with E-state index in [1.165, 1.54) is 6.07 Å². The zero-order valence-corrected chi connectivity index (χ0v) is 10.9. The van der Waals surface area contributed by atoms with Crippen LogP contribution in [0, 0.1) is 0 Å². The van der Waals surface area contributed by atoms with Gasteiger partial charge in [-0.15, -0.1) is 0 Å². The average molecular weight is 291 g/mol. The maximum absolute atomic E-state index is 12.7. The lowest BCUT2D eigenvalue weighted by molar-refractivity contribution is -0.137. The maximum atomic E-state index is 12.7. The molecule has 0 spiro atoms. The highest BCUT2D eigenvalue weighted by molar-refractivity contribution is 5.89. The lowest BCUT2D eigenvalue weighted by Gasteiger charge is -2.07. The lowest BCUT2D eigenvalue weighted by Crippen LogP contribution is -2.05. The highest BCUT2D eigenvalue weighted by Gasteiger charge is 2.31. The molecule has 108 valence electrons. The summed E-state index contributed by atoms with van der Waals surface area (Å²) >= 11 is 0. The van der Waals surface area contributed by atoms with Gasteiger partial charge in [-0.3, -0.25) is 4.68 Å². The third-order valence-corrected chi connectivity index (χ3v) is 3.28. The number of fused-ring (bicyclic) bond motifs is 1. The van der Waals surface area contributed by atoms with Crippen LogP contribution in [-0.4, -0.2) is 9.78 Å². The first-order valence-electron chi connectivity index (χ1n) is 6.32. The van der Waals surface area contributed by atoms with Gasteiger partial charge >= 0.3 is 6.18 Å². The van der Waals surface area contributed by atoms with E-state index in [0.717, 1.165) is 17.7 Å². The molecule has 2 aromatic carbocycles. The van der Waals surface area contributed by atoms with Gasteiger partial charge < -0.3 is 5.73 Å². The van der Waals surface area contributed by atoms with Crippen LogP contribution in [0.15, 0.2) is 48.5 Å². The van der Waals surface area contributed by atoms with Crippen molar-refractivity contribution in [2.45, 2.75) is 12.7 Å². The van der Waals surface area contributed by atoms with Crippen LogP contribution in [0.5, 0.6) is 0 Å². The molecule has 0 unspecified atom stereocenters. The molecule has 0 radical (unpaired) electrons. The second kappa shape index (κ2) is 4.80. The fourth-order valence-corrected chi connectivity index (χ4v) is 2.26. The van der Waals surface area contributed by atoms with E-state index in [0.29, 0.717) is 17.4 Å². The van der Waals surface area contributed by atoms with Crippen molar-refractivity contribution < 1.29 is 13.2 Å². The summed E-state index contributed by atoms with van der Waals surface area (Å²) in [4.78, 5) is 0. The zero-order chi connectivity index (χ0) is 15.0. The largest absolute Gasteiger partial charge is 0.416 e. The normalized spacial score (nSPS) is 12.0. The Hall–Kier alpha value is -2.50. The molecule has 21 heavy (non-hydrogen) atoms. The first-order chi connectivity index (χ1) is 9.95. The van der Waals surface area contributed by atoms with Crippen molar-refractivity contribution in [3.8, 4) is 0 Å². The van der Waals surface area contributed by atoms with Crippen LogP contribution < -0.4 is 5.73 Å². The molecule has 0 bridgehead atoms. The number of anilines is 1. The summed E-state index contributed by atoms with van der Waals surface area (Å²) in [5.41, 5.74) is 6.61. The van der Waals surface area contributed by atoms with Gasteiger partial charge in [0.05, 0.1) is 17.6 Å². The highest BCUT2D eigenvalue weighted by atomic mass is 19.4. The number of nitrogen functional groups attached to an aromatic ring is 1. The zero-order valence-electron chi connectivity index (χ0n) is 10.9. The molecule has 3 nitrogen and oxygen atoms in total. The monoisotopic (exact) mass is 291 g/mol. The van der Waals surface area contributed by atoms with E-state index in [-0.39, 0.29) is 5.82 Å². The molecule has 0 fully saturated rings. The van der Waals surface area contributed by atoms with Gasteiger partial charge in [0.2, 0.25) is 0 Å². The summed E-state index contributed by atoms with van der Waals surface area (Å²) in [6.07, 6.45) is -4.39. The molecule has 0 aliphatic carbocycles. The number of halogens is 3. The topological polar surface area (TPSA) is 43.8 Å². The summed E-state index contributed by atoms with van der Waals surface area (Å²) < 4.78 is 39.8. The summed E-state index contributed by atoms with van der Waals surface area (Å²) in [7, 11) is 0. The van der Waals surface area contributed by atoms with E-state index in [1.807, 2.05) is 30.3 Å². The molecule has 6 heteroatoms. The Morgan fingerprint density at radius 3 is 2.43 bits per heavy atom. The summed E-state index contributed by atoms with van der Waals surface area (Å²) in [5, 5.41) is 4.46. The van der Waals surface area contributed by atoms with Crippen molar-refractivity contribution in [3.05, 3.63) is 59.7 Å². The van der Waals surface area contributed by atoms with Crippen molar-refractivity contribution in [1.29, 1.82) is 0 Å². The molecular weight excluding hydrogens is 279 g/mol. The number of hydrogen-bond acceptors (Lipinski definition) is 2. The van der Waals surface area contributed by atoms with Crippen molar-refractivity contribution in [2.75, 3.05) is 5.73 Å². The van der Waals surface area contributed by atoms with E-state index < -0.39 is 11.7 Å². The lowest BCUT2D eigenvalue weighted by atomic mass is 10.1. The Bertz CT molecular complexity index is 776.